The standard InChI is InChI=1S/C15H18O10/c1-7(17)24-10-5-3-2-4-8(10)14(22)25-15(23)13(21)12(20)11(19)9(18)6-16/h2-5,9,11-13,16,18-21H,6H2,1H3/t9-,11-,12+,13-/m1/s1. The summed E-state index contributed by atoms with van der Waals surface area (Å²) < 4.78 is 9.15. The van der Waals surface area contributed by atoms with E-state index in [1.54, 1.807) is 0 Å². The van der Waals surface area contributed by atoms with E-state index in [1.165, 1.54) is 24.3 Å². The van der Waals surface area contributed by atoms with Gasteiger partial charge >= 0.3 is 17.9 Å². The van der Waals surface area contributed by atoms with Gasteiger partial charge in [0.25, 0.3) is 0 Å². The summed E-state index contributed by atoms with van der Waals surface area (Å²) in [5.74, 6) is -3.79. The molecule has 0 fully saturated rings. The molecule has 1 aromatic carbocycles. The first-order valence-electron chi connectivity index (χ1n) is 7.05. The van der Waals surface area contributed by atoms with Gasteiger partial charge in [-0.15, -0.1) is 0 Å². The van der Waals surface area contributed by atoms with Crippen molar-refractivity contribution in [1.29, 1.82) is 0 Å². The van der Waals surface area contributed by atoms with Crippen LogP contribution in [-0.4, -0.2) is 74.5 Å². The van der Waals surface area contributed by atoms with Crippen molar-refractivity contribution in [2.45, 2.75) is 31.3 Å². The molecular weight excluding hydrogens is 340 g/mol. The summed E-state index contributed by atoms with van der Waals surface area (Å²) in [6.07, 6.45) is -8.47. The Bertz CT molecular complexity index is 628. The minimum absolute atomic E-state index is 0.182. The molecule has 10 nitrogen and oxygen atoms in total. The average molecular weight is 358 g/mol. The van der Waals surface area contributed by atoms with Gasteiger partial charge in [0.05, 0.1) is 6.61 Å². The van der Waals surface area contributed by atoms with Crippen LogP contribution in [0.2, 0.25) is 0 Å². The predicted octanol–water partition coefficient (Wildman–Crippen LogP) is -2.27. The fourth-order valence-corrected chi connectivity index (χ4v) is 1.75. The average Bonchev–Trinajstić information content (AvgIpc) is 2.58. The predicted molar refractivity (Wildman–Crippen MR) is 79.3 cm³/mol. The zero-order chi connectivity index (χ0) is 19.1. The second kappa shape index (κ2) is 9.20. The Morgan fingerprint density at radius 2 is 1.64 bits per heavy atom. The number of hydrogen-bond acceptors (Lipinski definition) is 10. The zero-order valence-electron chi connectivity index (χ0n) is 13.1. The maximum Gasteiger partial charge on any atom is 0.349 e. The number of aliphatic hydroxyl groups excluding tert-OH is 5. The highest BCUT2D eigenvalue weighted by atomic mass is 16.6. The van der Waals surface area contributed by atoms with Crippen molar-refractivity contribution in [3.05, 3.63) is 29.8 Å². The maximum atomic E-state index is 12.0. The van der Waals surface area contributed by atoms with Crippen molar-refractivity contribution in [3.8, 4) is 5.75 Å². The number of esters is 3. The molecule has 10 heteroatoms. The lowest BCUT2D eigenvalue weighted by atomic mass is 10.0. The molecule has 5 N–H and O–H groups in total. The Balaban J connectivity index is 2.83. The topological polar surface area (TPSA) is 171 Å². The van der Waals surface area contributed by atoms with Crippen molar-refractivity contribution in [2.24, 2.45) is 0 Å². The van der Waals surface area contributed by atoms with E-state index in [2.05, 4.69) is 4.74 Å². The summed E-state index contributed by atoms with van der Waals surface area (Å²) in [7, 11) is 0. The first-order valence-corrected chi connectivity index (χ1v) is 7.05. The van der Waals surface area contributed by atoms with Gasteiger partial charge in [0.1, 0.15) is 29.6 Å². The fraction of sp³-hybridized carbons (Fsp3) is 0.400. The molecule has 0 radical (unpaired) electrons. The molecule has 1 aromatic rings. The molecule has 138 valence electrons. The minimum Gasteiger partial charge on any atom is -0.426 e. The molecule has 1 rings (SSSR count). The molecule has 4 atom stereocenters. The van der Waals surface area contributed by atoms with Gasteiger partial charge in [-0.1, -0.05) is 12.1 Å². The fourth-order valence-electron chi connectivity index (χ4n) is 1.75. The highest BCUT2D eigenvalue weighted by molar-refractivity contribution is 6.00. The molecule has 25 heavy (non-hydrogen) atoms. The smallest absolute Gasteiger partial charge is 0.349 e. The third-order valence-electron chi connectivity index (χ3n) is 3.05. The lowest BCUT2D eigenvalue weighted by Gasteiger charge is -2.24. The Labute approximate surface area is 141 Å². The van der Waals surface area contributed by atoms with Crippen LogP contribution < -0.4 is 4.74 Å². The molecule has 0 aliphatic rings. The number of para-hydroxylation sites is 1. The molecule has 0 spiro atoms. The van der Waals surface area contributed by atoms with Crippen LogP contribution in [-0.2, 0) is 14.3 Å². The van der Waals surface area contributed by atoms with E-state index in [-0.39, 0.29) is 11.3 Å². The van der Waals surface area contributed by atoms with Crippen molar-refractivity contribution < 1.29 is 49.4 Å². The van der Waals surface area contributed by atoms with Crippen molar-refractivity contribution in [3.63, 3.8) is 0 Å². The van der Waals surface area contributed by atoms with Gasteiger partial charge in [-0.2, -0.15) is 0 Å². The summed E-state index contributed by atoms with van der Waals surface area (Å²) in [5.41, 5.74) is -0.288. The van der Waals surface area contributed by atoms with Crippen LogP contribution in [0.1, 0.15) is 17.3 Å². The molecular formula is C15H18O10. The van der Waals surface area contributed by atoms with Crippen LogP contribution >= 0.6 is 0 Å². The van der Waals surface area contributed by atoms with Crippen LogP contribution in [0.25, 0.3) is 0 Å². The van der Waals surface area contributed by atoms with Gasteiger partial charge in [-0.3, -0.25) is 4.79 Å². The summed E-state index contributed by atoms with van der Waals surface area (Å²) in [6, 6.07) is 5.33. The minimum atomic E-state index is -2.37. The van der Waals surface area contributed by atoms with E-state index in [1.807, 2.05) is 0 Å². The molecule has 0 amide bonds. The molecule has 0 unspecified atom stereocenters. The molecule has 0 aliphatic carbocycles. The van der Waals surface area contributed by atoms with Crippen LogP contribution in [0.4, 0.5) is 0 Å². The quantitative estimate of drug-likeness (QED) is 0.203. The Kier molecular flexibility index (Phi) is 7.61. The first-order chi connectivity index (χ1) is 11.7. The van der Waals surface area contributed by atoms with E-state index < -0.39 is 48.9 Å². The van der Waals surface area contributed by atoms with Gasteiger partial charge < -0.3 is 35.0 Å². The Hall–Kier alpha value is -2.37. The van der Waals surface area contributed by atoms with E-state index in [0.717, 1.165) is 6.92 Å². The van der Waals surface area contributed by atoms with Crippen LogP contribution in [0, 0.1) is 0 Å². The summed E-state index contributed by atoms with van der Waals surface area (Å²) in [6.45, 7) is 0.163. The van der Waals surface area contributed by atoms with Crippen molar-refractivity contribution >= 4 is 17.9 Å². The first kappa shape index (κ1) is 20.7. The van der Waals surface area contributed by atoms with E-state index in [9.17, 15) is 29.7 Å². The number of aliphatic hydroxyl groups is 5. The lowest BCUT2D eigenvalue weighted by Crippen LogP contribution is -2.49. The molecule has 0 saturated heterocycles. The Morgan fingerprint density at radius 3 is 2.20 bits per heavy atom. The highest BCUT2D eigenvalue weighted by Gasteiger charge is 2.36. The van der Waals surface area contributed by atoms with Crippen LogP contribution in [0.15, 0.2) is 24.3 Å². The van der Waals surface area contributed by atoms with Crippen LogP contribution in [0.3, 0.4) is 0 Å². The van der Waals surface area contributed by atoms with E-state index in [4.69, 9.17) is 14.9 Å². The van der Waals surface area contributed by atoms with Gasteiger partial charge in [-0.05, 0) is 12.1 Å². The second-order valence-electron chi connectivity index (χ2n) is 4.97. The number of carbonyl (C=O) groups excluding carboxylic acids is 3. The zero-order valence-corrected chi connectivity index (χ0v) is 13.1. The third-order valence-corrected chi connectivity index (χ3v) is 3.05. The second-order valence-corrected chi connectivity index (χ2v) is 4.97. The number of ether oxygens (including phenoxy) is 2. The molecule has 0 bridgehead atoms. The molecule has 0 aliphatic heterocycles. The monoisotopic (exact) mass is 358 g/mol. The lowest BCUT2D eigenvalue weighted by molar-refractivity contribution is -0.164. The number of hydrogen-bond donors (Lipinski definition) is 5. The van der Waals surface area contributed by atoms with Crippen molar-refractivity contribution in [2.75, 3.05) is 6.61 Å². The largest absolute Gasteiger partial charge is 0.426 e. The van der Waals surface area contributed by atoms with Gasteiger partial charge in [0, 0.05) is 6.92 Å². The van der Waals surface area contributed by atoms with Crippen molar-refractivity contribution in [1.82, 2.24) is 0 Å². The normalized spacial score (nSPS) is 15.6. The van der Waals surface area contributed by atoms with Gasteiger partial charge in [0.15, 0.2) is 6.10 Å². The number of rotatable bonds is 7. The molecule has 0 heterocycles. The number of benzene rings is 1. The molecule has 0 aromatic heterocycles. The van der Waals surface area contributed by atoms with Gasteiger partial charge in [0.2, 0.25) is 0 Å². The third kappa shape index (κ3) is 5.59. The highest BCUT2D eigenvalue weighted by Crippen LogP contribution is 2.19. The molecule has 0 saturated carbocycles. The van der Waals surface area contributed by atoms with E-state index in [0.29, 0.717) is 0 Å². The van der Waals surface area contributed by atoms with Crippen LogP contribution in [0.5, 0.6) is 5.75 Å². The van der Waals surface area contributed by atoms with Gasteiger partial charge in [-0.25, -0.2) is 9.59 Å². The SMILES string of the molecule is CC(=O)Oc1ccccc1C(=O)OC(=O)[C@H](O)[C@@H](O)[C@H](O)[C@H](O)CO. The van der Waals surface area contributed by atoms with E-state index >= 15 is 0 Å². The summed E-state index contributed by atoms with van der Waals surface area (Å²) in [4.78, 5) is 34.7. The maximum absolute atomic E-state index is 12.0. The Morgan fingerprint density at radius 1 is 1.04 bits per heavy atom. The number of carbonyl (C=O) groups is 3. The summed E-state index contributed by atoms with van der Waals surface area (Å²) in [5, 5.41) is 46.4. The summed E-state index contributed by atoms with van der Waals surface area (Å²) >= 11 is 0.